The Kier molecular flexibility index (Phi) is 3.13. The first-order valence-corrected chi connectivity index (χ1v) is 6.90. The van der Waals surface area contributed by atoms with Crippen LogP contribution in [-0.2, 0) is 6.54 Å². The number of thiophene rings is 1. The Hall–Kier alpha value is -2.01. The molecule has 0 spiro atoms. The van der Waals surface area contributed by atoms with Crippen LogP contribution in [-0.4, -0.2) is 20.0 Å². The summed E-state index contributed by atoms with van der Waals surface area (Å²) < 4.78 is 1.86. The van der Waals surface area contributed by atoms with Crippen LogP contribution in [0.15, 0.2) is 36.8 Å². The average Bonchev–Trinajstić information content (AvgIpc) is 2.97. The van der Waals surface area contributed by atoms with Crippen LogP contribution >= 0.6 is 11.3 Å². The summed E-state index contributed by atoms with van der Waals surface area (Å²) >= 11 is 1.76. The standard InChI is InChI=1S/C14H14N4S/c1-10-7-11(2)19-14(10)13-9-18(17-16-13)8-12-3-5-15-6-4-12/h3-7,9H,8H2,1-2H3. The molecule has 0 unspecified atom stereocenters. The number of hydrogen-bond acceptors (Lipinski definition) is 4. The van der Waals surface area contributed by atoms with E-state index in [9.17, 15) is 0 Å². The third-order valence-corrected chi connectivity index (χ3v) is 4.08. The van der Waals surface area contributed by atoms with Crippen LogP contribution in [0, 0.1) is 13.8 Å². The van der Waals surface area contributed by atoms with E-state index < -0.39 is 0 Å². The molecule has 0 fully saturated rings. The van der Waals surface area contributed by atoms with Gasteiger partial charge in [0.05, 0.1) is 17.6 Å². The fourth-order valence-corrected chi connectivity index (χ4v) is 3.03. The molecular formula is C14H14N4S. The minimum absolute atomic E-state index is 0.721. The maximum Gasteiger partial charge on any atom is 0.123 e. The Morgan fingerprint density at radius 1 is 1.21 bits per heavy atom. The summed E-state index contributed by atoms with van der Waals surface area (Å²) in [5, 5.41) is 8.46. The number of rotatable bonds is 3. The smallest absolute Gasteiger partial charge is 0.123 e. The van der Waals surface area contributed by atoms with Gasteiger partial charge in [-0.15, -0.1) is 16.4 Å². The lowest BCUT2D eigenvalue weighted by Crippen LogP contribution is -2.00. The molecule has 0 amide bonds. The summed E-state index contributed by atoms with van der Waals surface area (Å²) in [6, 6.07) is 6.16. The van der Waals surface area contributed by atoms with Crippen molar-refractivity contribution in [2.75, 3.05) is 0 Å². The molecule has 5 heteroatoms. The molecule has 3 heterocycles. The van der Waals surface area contributed by atoms with Crippen molar-refractivity contribution in [2.45, 2.75) is 20.4 Å². The van der Waals surface area contributed by atoms with Crippen molar-refractivity contribution in [1.82, 2.24) is 20.0 Å². The number of nitrogens with zero attached hydrogens (tertiary/aromatic N) is 4. The van der Waals surface area contributed by atoms with Crippen molar-refractivity contribution in [3.05, 3.63) is 52.8 Å². The highest BCUT2D eigenvalue weighted by Crippen LogP contribution is 2.30. The van der Waals surface area contributed by atoms with Crippen molar-refractivity contribution in [3.8, 4) is 10.6 Å². The Morgan fingerprint density at radius 3 is 2.68 bits per heavy atom. The molecular weight excluding hydrogens is 256 g/mol. The van der Waals surface area contributed by atoms with Gasteiger partial charge in [0.15, 0.2) is 0 Å². The van der Waals surface area contributed by atoms with Crippen LogP contribution < -0.4 is 0 Å². The Balaban J connectivity index is 1.86. The number of hydrogen-bond donors (Lipinski definition) is 0. The van der Waals surface area contributed by atoms with E-state index in [1.165, 1.54) is 20.9 Å². The van der Waals surface area contributed by atoms with Gasteiger partial charge in [0.25, 0.3) is 0 Å². The van der Waals surface area contributed by atoms with Crippen LogP contribution in [0.5, 0.6) is 0 Å². The predicted molar refractivity (Wildman–Crippen MR) is 76.1 cm³/mol. The maximum absolute atomic E-state index is 4.26. The van der Waals surface area contributed by atoms with E-state index in [0.29, 0.717) is 0 Å². The summed E-state index contributed by atoms with van der Waals surface area (Å²) in [7, 11) is 0. The zero-order chi connectivity index (χ0) is 13.2. The van der Waals surface area contributed by atoms with Crippen LogP contribution in [0.2, 0.25) is 0 Å². The molecule has 3 aromatic heterocycles. The number of pyridine rings is 1. The predicted octanol–water partition coefficient (Wildman–Crippen LogP) is 3.07. The lowest BCUT2D eigenvalue weighted by molar-refractivity contribution is 0.649. The van der Waals surface area contributed by atoms with E-state index in [0.717, 1.165) is 12.2 Å². The molecule has 0 aromatic carbocycles. The third kappa shape index (κ3) is 2.56. The Morgan fingerprint density at radius 2 is 2.00 bits per heavy atom. The first kappa shape index (κ1) is 12.0. The van der Waals surface area contributed by atoms with Crippen LogP contribution in [0.1, 0.15) is 16.0 Å². The molecule has 0 aliphatic carbocycles. The van der Waals surface area contributed by atoms with Crippen LogP contribution in [0.3, 0.4) is 0 Å². The Bertz CT molecular complexity index is 685. The molecule has 3 rings (SSSR count). The van der Waals surface area contributed by atoms with E-state index in [2.05, 4.69) is 35.2 Å². The molecule has 0 atom stereocenters. The van der Waals surface area contributed by atoms with E-state index in [4.69, 9.17) is 0 Å². The van der Waals surface area contributed by atoms with Crippen molar-refractivity contribution >= 4 is 11.3 Å². The SMILES string of the molecule is Cc1cc(C)c(-c2cn(Cc3ccncc3)nn2)s1. The van der Waals surface area contributed by atoms with Gasteiger partial charge in [-0.1, -0.05) is 5.21 Å². The summed E-state index contributed by atoms with van der Waals surface area (Å²) in [4.78, 5) is 6.52. The third-order valence-electron chi connectivity index (χ3n) is 2.91. The van der Waals surface area contributed by atoms with Gasteiger partial charge in [-0.2, -0.15) is 0 Å². The second kappa shape index (κ2) is 4.93. The van der Waals surface area contributed by atoms with Gasteiger partial charge in [0, 0.05) is 17.3 Å². The lowest BCUT2D eigenvalue weighted by atomic mass is 10.2. The summed E-state index contributed by atoms with van der Waals surface area (Å²) in [5.74, 6) is 0. The van der Waals surface area contributed by atoms with Gasteiger partial charge >= 0.3 is 0 Å². The van der Waals surface area contributed by atoms with Gasteiger partial charge < -0.3 is 0 Å². The van der Waals surface area contributed by atoms with Crippen molar-refractivity contribution in [2.24, 2.45) is 0 Å². The maximum atomic E-state index is 4.26. The molecule has 4 nitrogen and oxygen atoms in total. The molecule has 0 saturated heterocycles. The van der Waals surface area contributed by atoms with Gasteiger partial charge in [-0.05, 0) is 43.2 Å². The first-order chi connectivity index (χ1) is 9.22. The van der Waals surface area contributed by atoms with Gasteiger partial charge in [-0.3, -0.25) is 4.98 Å². The summed E-state index contributed by atoms with van der Waals surface area (Å²) in [6.45, 7) is 4.95. The van der Waals surface area contributed by atoms with Crippen LogP contribution in [0.25, 0.3) is 10.6 Å². The Labute approximate surface area is 115 Å². The van der Waals surface area contributed by atoms with E-state index in [1.54, 1.807) is 23.7 Å². The minimum Gasteiger partial charge on any atom is -0.265 e. The fraction of sp³-hybridized carbons (Fsp3) is 0.214. The zero-order valence-corrected chi connectivity index (χ0v) is 11.7. The molecule has 0 N–H and O–H groups in total. The molecule has 19 heavy (non-hydrogen) atoms. The van der Waals surface area contributed by atoms with Gasteiger partial charge in [0.2, 0.25) is 0 Å². The fourth-order valence-electron chi connectivity index (χ4n) is 2.05. The van der Waals surface area contributed by atoms with Crippen molar-refractivity contribution < 1.29 is 0 Å². The number of aryl methyl sites for hydroxylation is 2. The monoisotopic (exact) mass is 270 g/mol. The van der Waals surface area contributed by atoms with Crippen LogP contribution in [0.4, 0.5) is 0 Å². The van der Waals surface area contributed by atoms with Gasteiger partial charge in [0.1, 0.15) is 5.69 Å². The topological polar surface area (TPSA) is 43.6 Å². The summed E-state index contributed by atoms with van der Waals surface area (Å²) in [6.07, 6.45) is 5.58. The molecule has 96 valence electrons. The minimum atomic E-state index is 0.721. The normalized spacial score (nSPS) is 10.8. The summed E-state index contributed by atoms with van der Waals surface area (Å²) in [5.41, 5.74) is 3.38. The second-order valence-corrected chi connectivity index (χ2v) is 5.78. The molecule has 0 saturated carbocycles. The number of aromatic nitrogens is 4. The largest absolute Gasteiger partial charge is 0.265 e. The highest BCUT2D eigenvalue weighted by Gasteiger charge is 2.10. The lowest BCUT2D eigenvalue weighted by Gasteiger charge is -1.98. The zero-order valence-electron chi connectivity index (χ0n) is 10.9. The highest BCUT2D eigenvalue weighted by atomic mass is 32.1. The molecule has 0 aliphatic rings. The molecule has 0 bridgehead atoms. The quantitative estimate of drug-likeness (QED) is 0.734. The van der Waals surface area contributed by atoms with E-state index in [1.807, 2.05) is 23.0 Å². The second-order valence-electron chi connectivity index (χ2n) is 4.53. The van der Waals surface area contributed by atoms with E-state index in [-0.39, 0.29) is 0 Å². The van der Waals surface area contributed by atoms with Crippen molar-refractivity contribution in [3.63, 3.8) is 0 Å². The van der Waals surface area contributed by atoms with Gasteiger partial charge in [-0.25, -0.2) is 4.68 Å². The molecule has 0 aliphatic heterocycles. The molecule has 0 radical (unpaired) electrons. The van der Waals surface area contributed by atoms with Crippen molar-refractivity contribution in [1.29, 1.82) is 0 Å². The molecule has 3 aromatic rings. The van der Waals surface area contributed by atoms with E-state index >= 15 is 0 Å². The average molecular weight is 270 g/mol. The highest BCUT2D eigenvalue weighted by molar-refractivity contribution is 7.15. The first-order valence-electron chi connectivity index (χ1n) is 6.09.